The quantitative estimate of drug-likeness (QED) is 0.843. The summed E-state index contributed by atoms with van der Waals surface area (Å²) in [4.78, 5) is 18.6. The molecule has 114 valence electrons. The molecule has 0 N–H and O–H groups in total. The van der Waals surface area contributed by atoms with E-state index in [1.54, 1.807) is 19.5 Å². The average molecular weight is 290 g/mol. The van der Waals surface area contributed by atoms with E-state index in [1.807, 2.05) is 17.9 Å². The maximum absolute atomic E-state index is 12.6. The van der Waals surface area contributed by atoms with Crippen molar-refractivity contribution in [2.75, 3.05) is 33.4 Å². The average Bonchev–Trinajstić information content (AvgIpc) is 3.05. The second-order valence-electron chi connectivity index (χ2n) is 6.04. The molecule has 0 unspecified atom stereocenters. The Morgan fingerprint density at radius 3 is 3.10 bits per heavy atom. The van der Waals surface area contributed by atoms with Crippen LogP contribution in [0.2, 0.25) is 0 Å². The van der Waals surface area contributed by atoms with Crippen LogP contribution in [0.15, 0.2) is 18.5 Å². The number of methoxy groups -OCH3 is 1. The molecule has 21 heavy (non-hydrogen) atoms. The van der Waals surface area contributed by atoms with Crippen LogP contribution < -0.4 is 0 Å². The van der Waals surface area contributed by atoms with Crippen LogP contribution in [0.4, 0.5) is 0 Å². The van der Waals surface area contributed by atoms with Gasteiger partial charge in [0.05, 0.1) is 18.3 Å². The van der Waals surface area contributed by atoms with Gasteiger partial charge in [-0.05, 0) is 30.9 Å². The molecule has 0 aromatic carbocycles. The summed E-state index contributed by atoms with van der Waals surface area (Å²) >= 11 is 0. The number of amides is 1. The third-order valence-corrected chi connectivity index (χ3v) is 4.54. The van der Waals surface area contributed by atoms with Gasteiger partial charge < -0.3 is 14.4 Å². The number of nitrogens with zero attached hydrogens (tertiary/aromatic N) is 2. The zero-order chi connectivity index (χ0) is 14.8. The zero-order valence-corrected chi connectivity index (χ0v) is 12.6. The number of aryl methyl sites for hydroxylation is 1. The number of carbonyl (C=O) groups is 1. The molecule has 2 aliphatic rings. The maximum atomic E-state index is 12.6. The molecule has 2 fully saturated rings. The van der Waals surface area contributed by atoms with Crippen molar-refractivity contribution in [1.82, 2.24) is 9.88 Å². The first kappa shape index (κ1) is 14.5. The second-order valence-corrected chi connectivity index (χ2v) is 6.04. The molecule has 3 rings (SSSR count). The van der Waals surface area contributed by atoms with Gasteiger partial charge in [0.2, 0.25) is 0 Å². The topological polar surface area (TPSA) is 51.7 Å². The van der Waals surface area contributed by atoms with Gasteiger partial charge >= 0.3 is 0 Å². The third kappa shape index (κ3) is 2.94. The number of likely N-dealkylation sites (tertiary alicyclic amines) is 1. The molecule has 3 heterocycles. The predicted molar refractivity (Wildman–Crippen MR) is 78.1 cm³/mol. The highest BCUT2D eigenvalue weighted by Gasteiger charge is 2.44. The molecule has 3 atom stereocenters. The van der Waals surface area contributed by atoms with Crippen LogP contribution in [0.5, 0.6) is 0 Å². The number of pyridine rings is 1. The standard InChI is InChI=1S/C16H22N2O3/c1-11-5-13(7-17-6-11)16(19)18-8-14-12(3-4-20-2)10-21-15(14)9-18/h5-7,12,14-15H,3-4,8-10H2,1-2H3/t12-,14-,15-/m0/s1. The smallest absolute Gasteiger partial charge is 0.255 e. The van der Waals surface area contributed by atoms with Gasteiger partial charge in [-0.2, -0.15) is 0 Å². The molecule has 0 radical (unpaired) electrons. The zero-order valence-electron chi connectivity index (χ0n) is 12.6. The fourth-order valence-corrected chi connectivity index (χ4v) is 3.39. The Hall–Kier alpha value is -1.46. The van der Waals surface area contributed by atoms with E-state index in [-0.39, 0.29) is 12.0 Å². The first-order valence-corrected chi connectivity index (χ1v) is 7.50. The lowest BCUT2D eigenvalue weighted by Gasteiger charge is -2.19. The highest BCUT2D eigenvalue weighted by atomic mass is 16.5. The van der Waals surface area contributed by atoms with Crippen LogP contribution in [0, 0.1) is 18.8 Å². The van der Waals surface area contributed by atoms with Crippen LogP contribution in [0.1, 0.15) is 22.3 Å². The van der Waals surface area contributed by atoms with Gasteiger partial charge in [-0.3, -0.25) is 9.78 Å². The van der Waals surface area contributed by atoms with E-state index < -0.39 is 0 Å². The molecule has 2 saturated heterocycles. The van der Waals surface area contributed by atoms with E-state index in [1.165, 1.54) is 0 Å². The molecular weight excluding hydrogens is 268 g/mol. The van der Waals surface area contributed by atoms with Gasteiger partial charge in [0.25, 0.3) is 5.91 Å². The number of hydrogen-bond donors (Lipinski definition) is 0. The molecule has 5 heteroatoms. The van der Waals surface area contributed by atoms with Crippen molar-refractivity contribution in [2.45, 2.75) is 19.4 Å². The summed E-state index contributed by atoms with van der Waals surface area (Å²) in [5.41, 5.74) is 1.68. The van der Waals surface area contributed by atoms with Crippen molar-refractivity contribution in [2.24, 2.45) is 11.8 Å². The Labute approximate surface area is 125 Å². The third-order valence-electron chi connectivity index (χ3n) is 4.54. The van der Waals surface area contributed by atoms with Gasteiger partial charge in [-0.15, -0.1) is 0 Å². The lowest BCUT2D eigenvalue weighted by atomic mass is 9.91. The number of fused-ring (bicyclic) bond motifs is 1. The Kier molecular flexibility index (Phi) is 4.22. The van der Waals surface area contributed by atoms with Crippen LogP contribution in [-0.4, -0.2) is 55.3 Å². The van der Waals surface area contributed by atoms with Crippen molar-refractivity contribution in [1.29, 1.82) is 0 Å². The van der Waals surface area contributed by atoms with Crippen LogP contribution >= 0.6 is 0 Å². The Balaban J connectivity index is 1.66. The molecule has 0 spiro atoms. The summed E-state index contributed by atoms with van der Waals surface area (Å²) in [6.45, 7) is 4.98. The maximum Gasteiger partial charge on any atom is 0.255 e. The fourth-order valence-electron chi connectivity index (χ4n) is 3.39. The summed E-state index contributed by atoms with van der Waals surface area (Å²) in [5, 5.41) is 0. The highest BCUT2D eigenvalue weighted by Crippen LogP contribution is 2.35. The van der Waals surface area contributed by atoms with E-state index in [0.717, 1.165) is 31.7 Å². The molecule has 0 saturated carbocycles. The first-order chi connectivity index (χ1) is 10.2. The molecule has 5 nitrogen and oxygen atoms in total. The monoisotopic (exact) mass is 290 g/mol. The van der Waals surface area contributed by atoms with Crippen LogP contribution in [0.25, 0.3) is 0 Å². The molecule has 1 aromatic heterocycles. The lowest BCUT2D eigenvalue weighted by Crippen LogP contribution is -2.31. The normalized spacial score (nSPS) is 27.9. The minimum atomic E-state index is 0.0645. The second kappa shape index (κ2) is 6.12. The summed E-state index contributed by atoms with van der Waals surface area (Å²) in [6.07, 6.45) is 4.60. The van der Waals surface area contributed by atoms with Crippen molar-refractivity contribution < 1.29 is 14.3 Å². The van der Waals surface area contributed by atoms with E-state index >= 15 is 0 Å². The van der Waals surface area contributed by atoms with E-state index in [9.17, 15) is 4.79 Å². The van der Waals surface area contributed by atoms with E-state index in [2.05, 4.69) is 4.98 Å². The number of carbonyl (C=O) groups excluding carboxylic acids is 1. The predicted octanol–water partition coefficient (Wildman–Crippen LogP) is 1.51. The van der Waals surface area contributed by atoms with Gasteiger partial charge in [0, 0.05) is 45.1 Å². The Morgan fingerprint density at radius 2 is 2.33 bits per heavy atom. The first-order valence-electron chi connectivity index (χ1n) is 7.50. The van der Waals surface area contributed by atoms with Gasteiger partial charge in [-0.1, -0.05) is 0 Å². The molecule has 0 bridgehead atoms. The summed E-state index contributed by atoms with van der Waals surface area (Å²) in [6, 6.07) is 1.90. The Morgan fingerprint density at radius 1 is 1.48 bits per heavy atom. The largest absolute Gasteiger partial charge is 0.385 e. The summed E-state index contributed by atoms with van der Waals surface area (Å²) < 4.78 is 11.0. The lowest BCUT2D eigenvalue weighted by molar-refractivity contribution is 0.0666. The number of ether oxygens (including phenoxy) is 2. The van der Waals surface area contributed by atoms with Crippen LogP contribution in [-0.2, 0) is 9.47 Å². The Bertz CT molecular complexity index is 520. The van der Waals surface area contributed by atoms with Crippen LogP contribution in [0.3, 0.4) is 0 Å². The summed E-state index contributed by atoms with van der Waals surface area (Å²) in [7, 11) is 1.72. The van der Waals surface area contributed by atoms with Crippen molar-refractivity contribution in [3.63, 3.8) is 0 Å². The highest BCUT2D eigenvalue weighted by molar-refractivity contribution is 5.94. The number of hydrogen-bond acceptors (Lipinski definition) is 4. The van der Waals surface area contributed by atoms with Crippen molar-refractivity contribution in [3.8, 4) is 0 Å². The minimum absolute atomic E-state index is 0.0645. The summed E-state index contributed by atoms with van der Waals surface area (Å²) in [5.74, 6) is 1.01. The molecule has 2 aliphatic heterocycles. The molecule has 0 aliphatic carbocycles. The van der Waals surface area contributed by atoms with Gasteiger partial charge in [0.1, 0.15) is 0 Å². The van der Waals surface area contributed by atoms with Gasteiger partial charge in [0.15, 0.2) is 0 Å². The van der Waals surface area contributed by atoms with Crippen molar-refractivity contribution in [3.05, 3.63) is 29.6 Å². The van der Waals surface area contributed by atoms with Gasteiger partial charge in [-0.25, -0.2) is 0 Å². The molecule has 1 aromatic rings. The number of rotatable bonds is 4. The number of aromatic nitrogens is 1. The SMILES string of the molecule is COCC[C@H]1CO[C@H]2CN(C(=O)c3cncc(C)c3)C[C@@H]12. The van der Waals surface area contributed by atoms with Crippen molar-refractivity contribution >= 4 is 5.91 Å². The molecule has 1 amide bonds. The minimum Gasteiger partial charge on any atom is -0.385 e. The van der Waals surface area contributed by atoms with E-state index in [0.29, 0.717) is 23.9 Å². The fraction of sp³-hybridized carbons (Fsp3) is 0.625. The van der Waals surface area contributed by atoms with E-state index in [4.69, 9.17) is 9.47 Å². The molecular formula is C16H22N2O3.